The van der Waals surface area contributed by atoms with Gasteiger partial charge in [-0.2, -0.15) is 0 Å². The molecule has 0 bridgehead atoms. The van der Waals surface area contributed by atoms with Crippen LogP contribution < -0.4 is 5.32 Å². The molecule has 1 aromatic heterocycles. The Morgan fingerprint density at radius 3 is 2.94 bits per heavy atom. The summed E-state index contributed by atoms with van der Waals surface area (Å²) < 4.78 is 5.13. The molecule has 1 aromatic rings. The Morgan fingerprint density at radius 1 is 1.53 bits per heavy atom. The highest BCUT2D eigenvalue weighted by molar-refractivity contribution is 5.92. The molecule has 0 aromatic carbocycles. The molecule has 2 unspecified atom stereocenters. The molecule has 1 aliphatic carbocycles. The van der Waals surface area contributed by atoms with E-state index in [1.807, 2.05) is 6.92 Å². The number of furan rings is 1. The Morgan fingerprint density at radius 2 is 2.29 bits per heavy atom. The van der Waals surface area contributed by atoms with Crippen molar-refractivity contribution < 1.29 is 14.3 Å². The van der Waals surface area contributed by atoms with Gasteiger partial charge in [-0.3, -0.25) is 4.79 Å². The number of hydrogen-bond acceptors (Lipinski definition) is 3. The molecule has 1 heterocycles. The zero-order valence-corrected chi connectivity index (χ0v) is 10.1. The van der Waals surface area contributed by atoms with E-state index in [9.17, 15) is 9.90 Å². The predicted octanol–water partition coefficient (Wildman–Crippen LogP) is 1.73. The largest absolute Gasteiger partial charge is 0.459 e. The number of nitrogens with one attached hydrogen (secondary N) is 1. The number of aliphatic hydroxyl groups is 1. The van der Waals surface area contributed by atoms with E-state index in [0.717, 1.165) is 24.8 Å². The van der Waals surface area contributed by atoms with Gasteiger partial charge in [0.15, 0.2) is 5.76 Å². The van der Waals surface area contributed by atoms with E-state index in [2.05, 4.69) is 5.32 Å². The fourth-order valence-electron chi connectivity index (χ4n) is 2.53. The van der Waals surface area contributed by atoms with Crippen LogP contribution in [0, 0.1) is 18.8 Å². The molecular weight excluding hydrogens is 218 g/mol. The molecule has 4 nitrogen and oxygen atoms in total. The maximum absolute atomic E-state index is 11.8. The molecule has 0 spiro atoms. The van der Waals surface area contributed by atoms with Crippen molar-refractivity contribution >= 4 is 5.91 Å². The molecule has 94 valence electrons. The number of rotatable bonds is 4. The number of hydrogen-bond donors (Lipinski definition) is 2. The lowest BCUT2D eigenvalue weighted by Gasteiger charge is -2.17. The molecule has 1 fully saturated rings. The van der Waals surface area contributed by atoms with Crippen molar-refractivity contribution in [1.29, 1.82) is 0 Å². The lowest BCUT2D eigenvalue weighted by Crippen LogP contribution is -2.31. The van der Waals surface area contributed by atoms with Gasteiger partial charge in [-0.1, -0.05) is 6.42 Å². The highest BCUT2D eigenvalue weighted by Gasteiger charge is 2.27. The molecule has 1 amide bonds. The molecular formula is C13H19NO3. The van der Waals surface area contributed by atoms with Crippen molar-refractivity contribution in [2.75, 3.05) is 13.2 Å². The Bertz CT molecular complexity index is 386. The first-order valence-electron chi connectivity index (χ1n) is 6.15. The monoisotopic (exact) mass is 237 g/mol. The van der Waals surface area contributed by atoms with Crippen LogP contribution in [-0.4, -0.2) is 24.2 Å². The minimum absolute atomic E-state index is 0.156. The van der Waals surface area contributed by atoms with Crippen LogP contribution in [0.25, 0.3) is 0 Å². The summed E-state index contributed by atoms with van der Waals surface area (Å²) in [4.78, 5) is 11.8. The first-order chi connectivity index (χ1) is 8.22. The lowest BCUT2D eigenvalue weighted by molar-refractivity contribution is 0.0909. The van der Waals surface area contributed by atoms with E-state index in [1.165, 1.54) is 6.26 Å². The minimum Gasteiger partial charge on any atom is -0.459 e. The first kappa shape index (κ1) is 12.2. The van der Waals surface area contributed by atoms with Crippen LogP contribution in [0.1, 0.15) is 35.4 Å². The highest BCUT2D eigenvalue weighted by atomic mass is 16.3. The van der Waals surface area contributed by atoms with Crippen molar-refractivity contribution in [2.24, 2.45) is 11.8 Å². The van der Waals surface area contributed by atoms with Crippen LogP contribution in [0.4, 0.5) is 0 Å². The number of carbonyl (C=O) groups excluding carboxylic acids is 1. The fourth-order valence-corrected chi connectivity index (χ4v) is 2.53. The van der Waals surface area contributed by atoms with Gasteiger partial charge in [0.25, 0.3) is 5.91 Å². The number of aryl methyl sites for hydroxylation is 1. The molecule has 0 saturated heterocycles. The quantitative estimate of drug-likeness (QED) is 0.838. The van der Waals surface area contributed by atoms with Crippen LogP contribution in [0.15, 0.2) is 16.7 Å². The van der Waals surface area contributed by atoms with E-state index in [1.54, 1.807) is 6.07 Å². The summed E-state index contributed by atoms with van der Waals surface area (Å²) in [5.41, 5.74) is 0.854. The first-order valence-corrected chi connectivity index (χ1v) is 6.15. The number of carbonyl (C=O) groups is 1. The van der Waals surface area contributed by atoms with Crippen molar-refractivity contribution in [3.8, 4) is 0 Å². The molecule has 0 radical (unpaired) electrons. The lowest BCUT2D eigenvalue weighted by atomic mass is 9.97. The van der Waals surface area contributed by atoms with Gasteiger partial charge < -0.3 is 14.8 Å². The minimum atomic E-state index is -0.156. The summed E-state index contributed by atoms with van der Waals surface area (Å²) in [6.07, 6.45) is 4.82. The number of aliphatic hydroxyl groups excluding tert-OH is 1. The van der Waals surface area contributed by atoms with Gasteiger partial charge in [-0.05, 0) is 37.7 Å². The van der Waals surface area contributed by atoms with Gasteiger partial charge >= 0.3 is 0 Å². The van der Waals surface area contributed by atoms with Crippen LogP contribution in [0.2, 0.25) is 0 Å². The summed E-state index contributed by atoms with van der Waals surface area (Å²) in [6.45, 7) is 2.70. The normalized spacial score (nSPS) is 23.9. The van der Waals surface area contributed by atoms with E-state index in [-0.39, 0.29) is 12.5 Å². The van der Waals surface area contributed by atoms with E-state index >= 15 is 0 Å². The Balaban J connectivity index is 1.86. The zero-order chi connectivity index (χ0) is 12.3. The summed E-state index contributed by atoms with van der Waals surface area (Å²) in [7, 11) is 0. The third-order valence-electron chi connectivity index (χ3n) is 3.64. The van der Waals surface area contributed by atoms with Gasteiger partial charge in [0.05, 0.1) is 6.26 Å². The van der Waals surface area contributed by atoms with Gasteiger partial charge in [0, 0.05) is 18.7 Å². The third kappa shape index (κ3) is 2.69. The van der Waals surface area contributed by atoms with Crippen molar-refractivity contribution in [2.45, 2.75) is 26.2 Å². The molecule has 4 heteroatoms. The van der Waals surface area contributed by atoms with E-state index in [4.69, 9.17) is 4.42 Å². The molecule has 2 atom stereocenters. The van der Waals surface area contributed by atoms with E-state index < -0.39 is 0 Å². The van der Waals surface area contributed by atoms with Crippen molar-refractivity contribution in [3.63, 3.8) is 0 Å². The highest BCUT2D eigenvalue weighted by Crippen LogP contribution is 2.30. The average Bonchev–Trinajstić information content (AvgIpc) is 2.94. The van der Waals surface area contributed by atoms with Crippen LogP contribution in [-0.2, 0) is 0 Å². The standard InChI is InChI=1S/C13H19NO3/c1-9-5-6-17-12(9)13(16)14-7-10-3-2-4-11(10)8-15/h5-6,10-11,15H,2-4,7-8H2,1H3,(H,14,16). The molecule has 0 aliphatic heterocycles. The van der Waals surface area contributed by atoms with Crippen LogP contribution in [0.3, 0.4) is 0 Å². The number of amides is 1. The maximum Gasteiger partial charge on any atom is 0.287 e. The Kier molecular flexibility index (Phi) is 3.84. The Hall–Kier alpha value is -1.29. The predicted molar refractivity (Wildman–Crippen MR) is 63.7 cm³/mol. The van der Waals surface area contributed by atoms with Crippen LogP contribution >= 0.6 is 0 Å². The zero-order valence-electron chi connectivity index (χ0n) is 10.1. The molecule has 1 aliphatic rings. The van der Waals surface area contributed by atoms with Gasteiger partial charge in [-0.15, -0.1) is 0 Å². The third-order valence-corrected chi connectivity index (χ3v) is 3.64. The maximum atomic E-state index is 11.8. The van der Waals surface area contributed by atoms with Gasteiger partial charge in [0.2, 0.25) is 0 Å². The summed E-state index contributed by atoms with van der Waals surface area (Å²) in [5, 5.41) is 12.1. The average molecular weight is 237 g/mol. The second kappa shape index (κ2) is 5.36. The van der Waals surface area contributed by atoms with E-state index in [0.29, 0.717) is 24.1 Å². The van der Waals surface area contributed by atoms with Gasteiger partial charge in [-0.25, -0.2) is 0 Å². The molecule has 17 heavy (non-hydrogen) atoms. The Labute approximate surface area is 101 Å². The fraction of sp³-hybridized carbons (Fsp3) is 0.615. The van der Waals surface area contributed by atoms with Gasteiger partial charge in [0.1, 0.15) is 0 Å². The van der Waals surface area contributed by atoms with Crippen molar-refractivity contribution in [3.05, 3.63) is 23.7 Å². The summed E-state index contributed by atoms with van der Waals surface area (Å²) >= 11 is 0. The second-order valence-electron chi connectivity index (χ2n) is 4.78. The summed E-state index contributed by atoms with van der Waals surface area (Å²) in [5.74, 6) is 0.979. The topological polar surface area (TPSA) is 62.5 Å². The second-order valence-corrected chi connectivity index (χ2v) is 4.78. The SMILES string of the molecule is Cc1ccoc1C(=O)NCC1CCCC1CO. The molecule has 2 rings (SSSR count). The van der Waals surface area contributed by atoms with Crippen molar-refractivity contribution in [1.82, 2.24) is 5.32 Å². The molecule has 1 saturated carbocycles. The molecule has 2 N–H and O–H groups in total. The van der Waals surface area contributed by atoms with Crippen LogP contribution in [0.5, 0.6) is 0 Å². The smallest absolute Gasteiger partial charge is 0.287 e. The summed E-state index contributed by atoms with van der Waals surface area (Å²) in [6, 6.07) is 1.78.